The largest absolute Gasteiger partial charge is 0.369 e. The molecule has 0 unspecified atom stereocenters. The second kappa shape index (κ2) is 4.80. The van der Waals surface area contributed by atoms with Crippen LogP contribution in [-0.4, -0.2) is 26.4 Å². The standard InChI is InChI=1S/C10H10N4OS/c11-9(15)6-16-10-13-12-7-14(10)8-4-2-1-3-5-8/h1-5,7H,6H2,(H2,11,15). The van der Waals surface area contributed by atoms with Crippen molar-refractivity contribution in [2.45, 2.75) is 5.16 Å². The molecule has 0 saturated carbocycles. The summed E-state index contributed by atoms with van der Waals surface area (Å²) < 4.78 is 1.81. The Morgan fingerprint density at radius 3 is 2.81 bits per heavy atom. The highest BCUT2D eigenvalue weighted by Crippen LogP contribution is 2.18. The molecule has 1 amide bonds. The van der Waals surface area contributed by atoms with Gasteiger partial charge in [-0.15, -0.1) is 10.2 Å². The fourth-order valence-electron chi connectivity index (χ4n) is 1.22. The van der Waals surface area contributed by atoms with Crippen LogP contribution in [0.1, 0.15) is 0 Å². The van der Waals surface area contributed by atoms with Gasteiger partial charge < -0.3 is 5.73 Å². The lowest BCUT2D eigenvalue weighted by Crippen LogP contribution is -2.13. The first-order valence-corrected chi connectivity index (χ1v) is 5.62. The van der Waals surface area contributed by atoms with Crippen molar-refractivity contribution < 1.29 is 4.79 Å². The summed E-state index contributed by atoms with van der Waals surface area (Å²) in [6, 6.07) is 9.68. The summed E-state index contributed by atoms with van der Waals surface area (Å²) in [5, 5.41) is 8.41. The van der Waals surface area contributed by atoms with Gasteiger partial charge in [-0.05, 0) is 12.1 Å². The third kappa shape index (κ3) is 2.40. The molecule has 6 heteroatoms. The number of primary amides is 1. The van der Waals surface area contributed by atoms with Gasteiger partial charge in [-0.25, -0.2) is 0 Å². The Labute approximate surface area is 96.7 Å². The van der Waals surface area contributed by atoms with Crippen LogP contribution in [0.5, 0.6) is 0 Å². The number of rotatable bonds is 4. The highest BCUT2D eigenvalue weighted by molar-refractivity contribution is 7.99. The summed E-state index contributed by atoms with van der Waals surface area (Å²) in [6.45, 7) is 0. The Balaban J connectivity index is 2.23. The first-order chi connectivity index (χ1) is 7.77. The fraction of sp³-hybridized carbons (Fsp3) is 0.100. The van der Waals surface area contributed by atoms with Crippen molar-refractivity contribution in [1.29, 1.82) is 0 Å². The molecule has 0 saturated heterocycles. The maximum absolute atomic E-state index is 10.7. The van der Waals surface area contributed by atoms with E-state index in [4.69, 9.17) is 5.73 Å². The third-order valence-corrected chi connectivity index (χ3v) is 2.86. The molecule has 0 aliphatic heterocycles. The van der Waals surface area contributed by atoms with Crippen molar-refractivity contribution in [2.75, 3.05) is 5.75 Å². The minimum Gasteiger partial charge on any atom is -0.369 e. The quantitative estimate of drug-likeness (QED) is 0.796. The number of nitrogens with two attached hydrogens (primary N) is 1. The molecule has 16 heavy (non-hydrogen) atoms. The van der Waals surface area contributed by atoms with Gasteiger partial charge in [0.2, 0.25) is 5.91 Å². The second-order valence-electron chi connectivity index (χ2n) is 3.07. The number of carbonyl (C=O) groups excluding carboxylic acids is 1. The number of nitrogens with zero attached hydrogens (tertiary/aromatic N) is 3. The smallest absolute Gasteiger partial charge is 0.227 e. The summed E-state index contributed by atoms with van der Waals surface area (Å²) in [4.78, 5) is 10.7. The lowest BCUT2D eigenvalue weighted by Gasteiger charge is -2.04. The molecule has 0 aliphatic carbocycles. The first-order valence-electron chi connectivity index (χ1n) is 4.64. The van der Waals surface area contributed by atoms with E-state index in [0.29, 0.717) is 5.16 Å². The van der Waals surface area contributed by atoms with Crippen LogP contribution >= 0.6 is 11.8 Å². The Kier molecular flexibility index (Phi) is 3.21. The molecule has 2 aromatic rings. The first kappa shape index (κ1) is 10.7. The molecule has 2 N–H and O–H groups in total. The molecule has 1 aromatic carbocycles. The van der Waals surface area contributed by atoms with Crippen LogP contribution in [0, 0.1) is 0 Å². The van der Waals surface area contributed by atoms with E-state index in [9.17, 15) is 4.79 Å². The lowest BCUT2D eigenvalue weighted by atomic mass is 10.3. The molecule has 5 nitrogen and oxygen atoms in total. The molecule has 0 spiro atoms. The minimum atomic E-state index is -0.368. The Hall–Kier alpha value is -1.82. The fourth-order valence-corrected chi connectivity index (χ4v) is 1.89. The summed E-state index contributed by atoms with van der Waals surface area (Å²) in [6.07, 6.45) is 1.61. The third-order valence-electron chi connectivity index (χ3n) is 1.89. The predicted molar refractivity (Wildman–Crippen MR) is 61.3 cm³/mol. The number of carbonyl (C=O) groups is 1. The monoisotopic (exact) mass is 234 g/mol. The van der Waals surface area contributed by atoms with Gasteiger partial charge in [0.25, 0.3) is 0 Å². The number of hydrogen-bond acceptors (Lipinski definition) is 4. The van der Waals surface area contributed by atoms with Crippen LogP contribution in [0.2, 0.25) is 0 Å². The van der Waals surface area contributed by atoms with Gasteiger partial charge in [-0.3, -0.25) is 9.36 Å². The summed E-state index contributed by atoms with van der Waals surface area (Å²) in [7, 11) is 0. The van der Waals surface area contributed by atoms with E-state index in [1.165, 1.54) is 11.8 Å². The molecule has 2 rings (SSSR count). The maximum atomic E-state index is 10.7. The van der Waals surface area contributed by atoms with E-state index in [0.717, 1.165) is 5.69 Å². The van der Waals surface area contributed by atoms with Crippen LogP contribution in [0.25, 0.3) is 5.69 Å². The summed E-state index contributed by atoms with van der Waals surface area (Å²) >= 11 is 1.27. The lowest BCUT2D eigenvalue weighted by molar-refractivity contribution is -0.115. The molecule has 0 aliphatic rings. The zero-order valence-corrected chi connectivity index (χ0v) is 9.22. The van der Waals surface area contributed by atoms with Crippen molar-refractivity contribution in [3.63, 3.8) is 0 Å². The number of aromatic nitrogens is 3. The van der Waals surface area contributed by atoms with E-state index in [2.05, 4.69) is 10.2 Å². The van der Waals surface area contributed by atoms with Gasteiger partial charge in [0, 0.05) is 5.69 Å². The molecule has 0 bridgehead atoms. The van der Waals surface area contributed by atoms with Crippen molar-refractivity contribution in [1.82, 2.24) is 14.8 Å². The highest BCUT2D eigenvalue weighted by atomic mass is 32.2. The topological polar surface area (TPSA) is 73.8 Å². The zero-order valence-electron chi connectivity index (χ0n) is 8.41. The minimum absolute atomic E-state index is 0.200. The van der Waals surface area contributed by atoms with Crippen LogP contribution in [0.3, 0.4) is 0 Å². The van der Waals surface area contributed by atoms with E-state index < -0.39 is 0 Å². The maximum Gasteiger partial charge on any atom is 0.227 e. The van der Waals surface area contributed by atoms with E-state index >= 15 is 0 Å². The van der Waals surface area contributed by atoms with E-state index in [1.807, 2.05) is 34.9 Å². The molecule has 1 heterocycles. The number of hydrogen-bond donors (Lipinski definition) is 1. The van der Waals surface area contributed by atoms with Crippen LogP contribution in [0.15, 0.2) is 41.8 Å². The summed E-state index contributed by atoms with van der Waals surface area (Å²) in [5.41, 5.74) is 6.04. The SMILES string of the molecule is NC(=O)CSc1nncn1-c1ccccc1. The van der Waals surface area contributed by atoms with E-state index in [1.54, 1.807) is 6.33 Å². The zero-order chi connectivity index (χ0) is 11.4. The van der Waals surface area contributed by atoms with Gasteiger partial charge in [0.15, 0.2) is 5.16 Å². The van der Waals surface area contributed by atoms with Gasteiger partial charge >= 0.3 is 0 Å². The Morgan fingerprint density at radius 2 is 2.12 bits per heavy atom. The van der Waals surface area contributed by atoms with Crippen LogP contribution < -0.4 is 5.73 Å². The van der Waals surface area contributed by atoms with Gasteiger partial charge in [-0.1, -0.05) is 30.0 Å². The van der Waals surface area contributed by atoms with Crippen molar-refractivity contribution in [3.8, 4) is 5.69 Å². The number of amides is 1. The second-order valence-corrected chi connectivity index (χ2v) is 4.02. The number of thioether (sulfide) groups is 1. The molecule has 0 radical (unpaired) electrons. The molecular weight excluding hydrogens is 224 g/mol. The average molecular weight is 234 g/mol. The molecule has 0 atom stereocenters. The van der Waals surface area contributed by atoms with Crippen LogP contribution in [0.4, 0.5) is 0 Å². The number of para-hydroxylation sites is 1. The Morgan fingerprint density at radius 1 is 1.38 bits per heavy atom. The van der Waals surface area contributed by atoms with Gasteiger partial charge in [0.1, 0.15) is 6.33 Å². The van der Waals surface area contributed by atoms with Crippen LogP contribution in [-0.2, 0) is 4.79 Å². The highest BCUT2D eigenvalue weighted by Gasteiger charge is 2.07. The molecule has 0 fully saturated rings. The predicted octanol–water partition coefficient (Wildman–Crippen LogP) is 0.845. The normalized spacial score (nSPS) is 10.2. The molecule has 82 valence electrons. The molecule has 1 aromatic heterocycles. The van der Waals surface area contributed by atoms with Gasteiger partial charge in [0.05, 0.1) is 5.75 Å². The Bertz CT molecular complexity index is 483. The summed E-state index contributed by atoms with van der Waals surface area (Å²) in [5.74, 6) is -0.168. The van der Waals surface area contributed by atoms with Crippen molar-refractivity contribution in [3.05, 3.63) is 36.7 Å². The molecular formula is C10H10N4OS. The van der Waals surface area contributed by atoms with Crippen molar-refractivity contribution in [2.24, 2.45) is 5.73 Å². The average Bonchev–Trinajstić information content (AvgIpc) is 2.75. The van der Waals surface area contributed by atoms with E-state index in [-0.39, 0.29) is 11.7 Å². The number of benzene rings is 1. The van der Waals surface area contributed by atoms with Crippen molar-refractivity contribution >= 4 is 17.7 Å². The van der Waals surface area contributed by atoms with Gasteiger partial charge in [-0.2, -0.15) is 0 Å².